The lowest BCUT2D eigenvalue weighted by Crippen LogP contribution is -2.36. The van der Waals surface area contributed by atoms with E-state index in [1.807, 2.05) is 12.1 Å². The molecule has 1 aliphatic heterocycles. The standard InChI is InChI=1S/C15H23NO3/c1-18-14-6-5-12(8-15(14)19-2)9-16-7-3-4-13(10-16)11-17/h5-6,8,13,17H,3-4,7,9-11H2,1-2H3/t13-/m0/s1. The first-order valence-corrected chi connectivity index (χ1v) is 6.81. The Bertz CT molecular complexity index is 408. The monoisotopic (exact) mass is 265 g/mol. The average Bonchev–Trinajstić information content (AvgIpc) is 2.47. The highest BCUT2D eigenvalue weighted by molar-refractivity contribution is 5.42. The van der Waals surface area contributed by atoms with Crippen LogP contribution in [0, 0.1) is 5.92 Å². The molecule has 1 N–H and O–H groups in total. The van der Waals surface area contributed by atoms with Crippen molar-refractivity contribution in [2.24, 2.45) is 5.92 Å². The molecular formula is C15H23NO3. The molecule has 106 valence electrons. The highest BCUT2D eigenvalue weighted by Crippen LogP contribution is 2.28. The van der Waals surface area contributed by atoms with Crippen LogP contribution in [0.5, 0.6) is 11.5 Å². The molecule has 0 spiro atoms. The lowest BCUT2D eigenvalue weighted by Gasteiger charge is -2.31. The lowest BCUT2D eigenvalue weighted by molar-refractivity contribution is 0.116. The van der Waals surface area contributed by atoms with Crippen LogP contribution in [-0.4, -0.2) is 43.9 Å². The molecule has 1 heterocycles. The van der Waals surface area contributed by atoms with Crippen LogP contribution >= 0.6 is 0 Å². The van der Waals surface area contributed by atoms with Gasteiger partial charge in [0.15, 0.2) is 11.5 Å². The second-order valence-electron chi connectivity index (χ2n) is 5.12. The fraction of sp³-hybridized carbons (Fsp3) is 0.600. The molecule has 0 amide bonds. The summed E-state index contributed by atoms with van der Waals surface area (Å²) in [5.41, 5.74) is 1.22. The van der Waals surface area contributed by atoms with E-state index in [4.69, 9.17) is 9.47 Å². The van der Waals surface area contributed by atoms with Crippen LogP contribution in [-0.2, 0) is 6.54 Å². The van der Waals surface area contributed by atoms with Gasteiger partial charge in [0.2, 0.25) is 0 Å². The van der Waals surface area contributed by atoms with Gasteiger partial charge in [-0.25, -0.2) is 0 Å². The van der Waals surface area contributed by atoms with Gasteiger partial charge in [-0.05, 0) is 43.0 Å². The van der Waals surface area contributed by atoms with Crippen molar-refractivity contribution in [3.05, 3.63) is 23.8 Å². The van der Waals surface area contributed by atoms with E-state index in [2.05, 4.69) is 11.0 Å². The van der Waals surface area contributed by atoms with Crippen molar-refractivity contribution in [3.8, 4) is 11.5 Å². The Balaban J connectivity index is 2.02. The summed E-state index contributed by atoms with van der Waals surface area (Å²) in [6, 6.07) is 6.05. The number of likely N-dealkylation sites (tertiary alicyclic amines) is 1. The number of nitrogens with zero attached hydrogens (tertiary/aromatic N) is 1. The third-order valence-corrected chi connectivity index (χ3v) is 3.72. The van der Waals surface area contributed by atoms with Crippen molar-refractivity contribution in [1.29, 1.82) is 0 Å². The van der Waals surface area contributed by atoms with Crippen LogP contribution in [0.1, 0.15) is 18.4 Å². The second-order valence-corrected chi connectivity index (χ2v) is 5.12. The van der Waals surface area contributed by atoms with E-state index in [1.54, 1.807) is 14.2 Å². The summed E-state index contributed by atoms with van der Waals surface area (Å²) < 4.78 is 10.6. The number of hydrogen-bond acceptors (Lipinski definition) is 4. The van der Waals surface area contributed by atoms with E-state index in [0.717, 1.165) is 37.6 Å². The van der Waals surface area contributed by atoms with Crippen LogP contribution in [0.2, 0.25) is 0 Å². The van der Waals surface area contributed by atoms with E-state index in [-0.39, 0.29) is 0 Å². The Morgan fingerprint density at radius 2 is 2.05 bits per heavy atom. The summed E-state index contributed by atoms with van der Waals surface area (Å²) >= 11 is 0. The van der Waals surface area contributed by atoms with Gasteiger partial charge in [0, 0.05) is 19.7 Å². The zero-order valence-electron chi connectivity index (χ0n) is 11.8. The van der Waals surface area contributed by atoms with E-state index >= 15 is 0 Å². The number of benzene rings is 1. The zero-order chi connectivity index (χ0) is 13.7. The van der Waals surface area contributed by atoms with Gasteiger partial charge >= 0.3 is 0 Å². The van der Waals surface area contributed by atoms with Gasteiger partial charge in [0.25, 0.3) is 0 Å². The van der Waals surface area contributed by atoms with Gasteiger partial charge in [-0.2, -0.15) is 0 Å². The third kappa shape index (κ3) is 3.61. The van der Waals surface area contributed by atoms with Crippen molar-refractivity contribution < 1.29 is 14.6 Å². The third-order valence-electron chi connectivity index (χ3n) is 3.72. The molecule has 1 aromatic carbocycles. The molecule has 0 bridgehead atoms. The topological polar surface area (TPSA) is 41.9 Å². The second kappa shape index (κ2) is 6.78. The Hall–Kier alpha value is -1.26. The zero-order valence-corrected chi connectivity index (χ0v) is 11.8. The van der Waals surface area contributed by atoms with E-state index < -0.39 is 0 Å². The number of aliphatic hydroxyl groups is 1. The van der Waals surface area contributed by atoms with E-state index in [9.17, 15) is 5.11 Å². The summed E-state index contributed by atoms with van der Waals surface area (Å²) in [6.07, 6.45) is 2.30. The molecule has 0 unspecified atom stereocenters. The van der Waals surface area contributed by atoms with Crippen LogP contribution < -0.4 is 9.47 Å². The number of rotatable bonds is 5. The number of aliphatic hydroxyl groups excluding tert-OH is 1. The first-order valence-electron chi connectivity index (χ1n) is 6.81. The molecule has 0 radical (unpaired) electrons. The SMILES string of the molecule is COc1ccc(CN2CCC[C@H](CO)C2)cc1OC. The van der Waals surface area contributed by atoms with Gasteiger partial charge in [-0.1, -0.05) is 6.07 Å². The van der Waals surface area contributed by atoms with Gasteiger partial charge in [-0.3, -0.25) is 4.90 Å². The maximum atomic E-state index is 9.26. The Labute approximate surface area is 114 Å². The molecule has 1 saturated heterocycles. The highest BCUT2D eigenvalue weighted by atomic mass is 16.5. The van der Waals surface area contributed by atoms with Crippen LogP contribution in [0.25, 0.3) is 0 Å². The maximum Gasteiger partial charge on any atom is 0.161 e. The fourth-order valence-corrected chi connectivity index (χ4v) is 2.68. The molecule has 0 saturated carbocycles. The largest absolute Gasteiger partial charge is 0.493 e. The predicted molar refractivity (Wildman–Crippen MR) is 74.6 cm³/mol. The fourth-order valence-electron chi connectivity index (χ4n) is 2.68. The summed E-state index contributed by atoms with van der Waals surface area (Å²) in [6.45, 7) is 3.27. The molecule has 1 aliphatic rings. The quantitative estimate of drug-likeness (QED) is 0.883. The van der Waals surface area contributed by atoms with Crippen LogP contribution in [0.15, 0.2) is 18.2 Å². The summed E-state index contributed by atoms with van der Waals surface area (Å²) in [4.78, 5) is 2.39. The lowest BCUT2D eigenvalue weighted by atomic mass is 9.98. The van der Waals surface area contributed by atoms with Crippen molar-refractivity contribution in [2.45, 2.75) is 19.4 Å². The van der Waals surface area contributed by atoms with Gasteiger partial charge < -0.3 is 14.6 Å². The minimum atomic E-state index is 0.294. The summed E-state index contributed by atoms with van der Waals surface area (Å²) in [7, 11) is 3.30. The number of ether oxygens (including phenoxy) is 2. The molecule has 1 fully saturated rings. The molecule has 4 nitrogen and oxygen atoms in total. The minimum absolute atomic E-state index is 0.294. The Morgan fingerprint density at radius 1 is 1.26 bits per heavy atom. The molecule has 0 aliphatic carbocycles. The smallest absolute Gasteiger partial charge is 0.161 e. The minimum Gasteiger partial charge on any atom is -0.493 e. The summed E-state index contributed by atoms with van der Waals surface area (Å²) in [5, 5.41) is 9.26. The Kier molecular flexibility index (Phi) is 5.05. The molecule has 4 heteroatoms. The average molecular weight is 265 g/mol. The summed E-state index contributed by atoms with van der Waals surface area (Å²) in [5.74, 6) is 1.96. The van der Waals surface area contributed by atoms with E-state index in [0.29, 0.717) is 12.5 Å². The molecular weight excluding hydrogens is 242 g/mol. The van der Waals surface area contributed by atoms with Crippen molar-refractivity contribution in [1.82, 2.24) is 4.90 Å². The number of hydrogen-bond donors (Lipinski definition) is 1. The molecule has 1 aromatic rings. The molecule has 0 aromatic heterocycles. The van der Waals surface area contributed by atoms with Crippen LogP contribution in [0.3, 0.4) is 0 Å². The molecule has 1 atom stereocenters. The van der Waals surface area contributed by atoms with Crippen LogP contribution in [0.4, 0.5) is 0 Å². The normalized spacial score (nSPS) is 20.3. The molecule has 19 heavy (non-hydrogen) atoms. The van der Waals surface area contributed by atoms with Crippen molar-refractivity contribution in [3.63, 3.8) is 0 Å². The van der Waals surface area contributed by atoms with Crippen molar-refractivity contribution in [2.75, 3.05) is 33.9 Å². The van der Waals surface area contributed by atoms with Gasteiger partial charge in [0.1, 0.15) is 0 Å². The Morgan fingerprint density at radius 3 is 2.74 bits per heavy atom. The predicted octanol–water partition coefficient (Wildman–Crippen LogP) is 1.91. The maximum absolute atomic E-state index is 9.26. The van der Waals surface area contributed by atoms with Gasteiger partial charge in [-0.15, -0.1) is 0 Å². The van der Waals surface area contributed by atoms with Crippen molar-refractivity contribution >= 4 is 0 Å². The van der Waals surface area contributed by atoms with Gasteiger partial charge in [0.05, 0.1) is 14.2 Å². The first kappa shape index (κ1) is 14.2. The van der Waals surface area contributed by atoms with E-state index in [1.165, 1.54) is 12.0 Å². The number of piperidine rings is 1. The first-order chi connectivity index (χ1) is 9.26. The number of methoxy groups -OCH3 is 2. The molecule has 2 rings (SSSR count). The highest BCUT2D eigenvalue weighted by Gasteiger charge is 2.19.